The Morgan fingerprint density at radius 1 is 1.03 bits per heavy atom. The van der Waals surface area contributed by atoms with E-state index < -0.39 is 39.6 Å². The number of thioether (sulfide) groups is 1. The third-order valence-corrected chi connectivity index (χ3v) is 8.62. The molecule has 35 heavy (non-hydrogen) atoms. The Hall–Kier alpha value is -2.70. The smallest absolute Gasteiger partial charge is 0.338 e. The zero-order chi connectivity index (χ0) is 25.2. The maximum absolute atomic E-state index is 13.1. The van der Waals surface area contributed by atoms with Crippen molar-refractivity contribution in [3.05, 3.63) is 42.0 Å². The van der Waals surface area contributed by atoms with Crippen LogP contribution < -0.4 is 5.32 Å². The number of allylic oxidation sites excluding steroid dienone is 2. The van der Waals surface area contributed by atoms with Gasteiger partial charge in [0.2, 0.25) is 17.7 Å². The van der Waals surface area contributed by atoms with E-state index in [2.05, 4.69) is 5.32 Å². The molecule has 2 aliphatic carbocycles. The molecule has 0 aromatic heterocycles. The predicted octanol–water partition coefficient (Wildman–Crippen LogP) is 0.835. The number of esters is 1. The molecule has 4 atom stereocenters. The van der Waals surface area contributed by atoms with Gasteiger partial charge in [0, 0.05) is 6.54 Å². The summed E-state index contributed by atoms with van der Waals surface area (Å²) in [6, 6.07) is 4.91. The van der Waals surface area contributed by atoms with Crippen LogP contribution in [0.3, 0.4) is 0 Å². The van der Waals surface area contributed by atoms with Crippen LogP contribution in [0.5, 0.6) is 0 Å². The molecule has 3 aliphatic rings. The summed E-state index contributed by atoms with van der Waals surface area (Å²) in [6.07, 6.45) is 6.32. The molecule has 1 saturated carbocycles. The molecule has 1 saturated heterocycles. The number of carbonyl (C=O) groups excluding carboxylic acids is 4. The molecule has 2 fully saturated rings. The number of ether oxygens (including phenoxy) is 2. The molecule has 1 N–H and O–H groups in total. The number of benzene rings is 1. The molecule has 1 heterocycles. The fourth-order valence-electron chi connectivity index (χ4n) is 4.80. The first-order chi connectivity index (χ1) is 16.8. The van der Waals surface area contributed by atoms with Crippen LogP contribution in [-0.2, 0) is 33.9 Å². The standard InChI is InChI=1S/C23H26N2O8S2/c1-34-13-18(26)24-8-9-32-10-11-33-23(29)14-4-6-17(7-5-14)35(30,31)25-21(27)19-15-2-3-16(12-15)20(19)22(25)28/h2-7,15-16,19-20H,8-13H2,1H3,(H,24,26). The van der Waals surface area contributed by atoms with Gasteiger partial charge in [-0.1, -0.05) is 12.2 Å². The first kappa shape index (κ1) is 25.4. The Kier molecular flexibility index (Phi) is 7.62. The van der Waals surface area contributed by atoms with Gasteiger partial charge in [-0.2, -0.15) is 16.1 Å². The summed E-state index contributed by atoms with van der Waals surface area (Å²) in [5.41, 5.74) is 0.117. The summed E-state index contributed by atoms with van der Waals surface area (Å²) in [4.78, 5) is 49.0. The van der Waals surface area contributed by atoms with Crippen molar-refractivity contribution in [2.75, 3.05) is 38.4 Å². The lowest BCUT2D eigenvalue weighted by Gasteiger charge is -2.17. The van der Waals surface area contributed by atoms with Gasteiger partial charge in [0.15, 0.2) is 0 Å². The average Bonchev–Trinajstić information content (AvgIpc) is 3.52. The SMILES string of the molecule is CSCC(=O)NCCOCCOC(=O)c1ccc(S(=O)(=O)N2C(=O)C3C4C=CC(C4)C3C2=O)cc1. The van der Waals surface area contributed by atoms with Crippen molar-refractivity contribution in [1.82, 2.24) is 9.62 Å². The molecule has 0 spiro atoms. The van der Waals surface area contributed by atoms with Gasteiger partial charge in [0.05, 0.1) is 41.3 Å². The van der Waals surface area contributed by atoms with Gasteiger partial charge in [0.25, 0.3) is 10.0 Å². The number of hydrogen-bond acceptors (Lipinski definition) is 9. The van der Waals surface area contributed by atoms with E-state index in [1.807, 2.05) is 18.4 Å². The highest BCUT2D eigenvalue weighted by molar-refractivity contribution is 7.99. The van der Waals surface area contributed by atoms with E-state index in [0.717, 1.165) is 0 Å². The van der Waals surface area contributed by atoms with E-state index in [0.29, 0.717) is 23.0 Å². The summed E-state index contributed by atoms with van der Waals surface area (Å²) in [5.74, 6) is -3.15. The van der Waals surface area contributed by atoms with Gasteiger partial charge in [-0.25, -0.2) is 13.2 Å². The van der Waals surface area contributed by atoms with Crippen molar-refractivity contribution in [2.45, 2.75) is 11.3 Å². The molecule has 1 aromatic rings. The molecular weight excluding hydrogens is 496 g/mol. The number of nitrogens with zero attached hydrogens (tertiary/aromatic N) is 1. The third kappa shape index (κ3) is 5.00. The summed E-state index contributed by atoms with van der Waals surface area (Å²) >= 11 is 1.42. The van der Waals surface area contributed by atoms with Crippen LogP contribution in [0.1, 0.15) is 16.8 Å². The number of amides is 3. The molecule has 1 aromatic carbocycles. The first-order valence-electron chi connectivity index (χ1n) is 11.2. The van der Waals surface area contributed by atoms with Crippen LogP contribution in [-0.4, -0.2) is 74.8 Å². The maximum Gasteiger partial charge on any atom is 0.338 e. The molecule has 3 amide bonds. The van der Waals surface area contributed by atoms with Gasteiger partial charge in [0.1, 0.15) is 6.61 Å². The summed E-state index contributed by atoms with van der Waals surface area (Å²) in [5, 5.41) is 2.68. The number of carbonyl (C=O) groups is 4. The zero-order valence-electron chi connectivity index (χ0n) is 19.0. The molecular formula is C23H26N2O8S2. The van der Waals surface area contributed by atoms with Gasteiger partial charge in [-0.3, -0.25) is 14.4 Å². The van der Waals surface area contributed by atoms with Gasteiger partial charge in [-0.05, 0) is 48.8 Å². The normalized spacial score (nSPS) is 24.7. The molecule has 2 bridgehead atoms. The highest BCUT2D eigenvalue weighted by Crippen LogP contribution is 2.53. The van der Waals surface area contributed by atoms with Crippen molar-refractivity contribution in [3.8, 4) is 0 Å². The van der Waals surface area contributed by atoms with E-state index >= 15 is 0 Å². The van der Waals surface area contributed by atoms with Gasteiger partial charge < -0.3 is 14.8 Å². The van der Waals surface area contributed by atoms with Crippen molar-refractivity contribution >= 4 is 45.5 Å². The number of fused-ring (bicyclic) bond motifs is 5. The van der Waals surface area contributed by atoms with E-state index in [1.54, 1.807) is 0 Å². The lowest BCUT2D eigenvalue weighted by atomic mass is 9.85. The fraction of sp³-hybridized carbons (Fsp3) is 0.478. The van der Waals surface area contributed by atoms with Gasteiger partial charge >= 0.3 is 5.97 Å². The Morgan fingerprint density at radius 3 is 2.26 bits per heavy atom. The van der Waals surface area contributed by atoms with Crippen LogP contribution >= 0.6 is 11.8 Å². The molecule has 188 valence electrons. The number of hydrogen-bond donors (Lipinski definition) is 1. The second-order valence-corrected chi connectivity index (χ2v) is 11.2. The number of sulfonamides is 1. The Bertz CT molecular complexity index is 1120. The topological polar surface area (TPSA) is 136 Å². The molecule has 0 radical (unpaired) electrons. The maximum atomic E-state index is 13.1. The van der Waals surface area contributed by atoms with E-state index in [9.17, 15) is 27.6 Å². The minimum absolute atomic E-state index is 0.0203. The highest BCUT2D eigenvalue weighted by Gasteiger charge is 2.62. The van der Waals surface area contributed by atoms with Crippen molar-refractivity contribution < 1.29 is 37.1 Å². The minimum Gasteiger partial charge on any atom is -0.460 e. The Balaban J connectivity index is 1.28. The molecule has 4 rings (SSSR count). The second kappa shape index (κ2) is 10.5. The molecule has 10 nitrogen and oxygen atoms in total. The molecule has 4 unspecified atom stereocenters. The third-order valence-electron chi connectivity index (χ3n) is 6.36. The predicted molar refractivity (Wildman–Crippen MR) is 126 cm³/mol. The van der Waals surface area contributed by atoms with Crippen molar-refractivity contribution in [3.63, 3.8) is 0 Å². The quantitative estimate of drug-likeness (QED) is 0.194. The van der Waals surface area contributed by atoms with Crippen LogP contribution in [0.25, 0.3) is 0 Å². The average molecular weight is 523 g/mol. The van der Waals surface area contributed by atoms with Crippen LogP contribution in [0.15, 0.2) is 41.3 Å². The minimum atomic E-state index is -4.38. The first-order valence-corrected chi connectivity index (χ1v) is 14.0. The highest BCUT2D eigenvalue weighted by atomic mass is 32.2. The van der Waals surface area contributed by atoms with Crippen molar-refractivity contribution in [1.29, 1.82) is 0 Å². The van der Waals surface area contributed by atoms with E-state index in [4.69, 9.17) is 9.47 Å². The monoisotopic (exact) mass is 522 g/mol. The van der Waals surface area contributed by atoms with E-state index in [-0.39, 0.29) is 48.0 Å². The largest absolute Gasteiger partial charge is 0.460 e. The lowest BCUT2D eigenvalue weighted by Crippen LogP contribution is -2.38. The molecule has 12 heteroatoms. The number of rotatable bonds is 11. The number of nitrogens with one attached hydrogen (secondary N) is 1. The Morgan fingerprint density at radius 2 is 1.66 bits per heavy atom. The van der Waals surface area contributed by atoms with Gasteiger partial charge in [-0.15, -0.1) is 0 Å². The summed E-state index contributed by atoms with van der Waals surface area (Å²) in [6.45, 7) is 0.741. The van der Waals surface area contributed by atoms with Crippen LogP contribution in [0, 0.1) is 23.7 Å². The lowest BCUT2D eigenvalue weighted by molar-refractivity contribution is -0.134. The number of imide groups is 1. The second-order valence-electron chi connectivity index (χ2n) is 8.50. The van der Waals surface area contributed by atoms with Crippen LogP contribution in [0.2, 0.25) is 0 Å². The zero-order valence-corrected chi connectivity index (χ0v) is 20.7. The van der Waals surface area contributed by atoms with Crippen LogP contribution in [0.4, 0.5) is 0 Å². The Labute approximate surface area is 207 Å². The summed E-state index contributed by atoms with van der Waals surface area (Å²) in [7, 11) is -4.38. The van der Waals surface area contributed by atoms with Crippen molar-refractivity contribution in [2.24, 2.45) is 23.7 Å². The van der Waals surface area contributed by atoms with E-state index in [1.165, 1.54) is 36.0 Å². The summed E-state index contributed by atoms with van der Waals surface area (Å²) < 4.78 is 37.0. The fourth-order valence-corrected chi connectivity index (χ4v) is 6.58. The molecule has 1 aliphatic heterocycles.